The summed E-state index contributed by atoms with van der Waals surface area (Å²) >= 11 is 0. The van der Waals surface area contributed by atoms with E-state index in [1.165, 1.54) is 0 Å². The van der Waals surface area contributed by atoms with Crippen LogP contribution in [-0.2, 0) is 4.79 Å². The van der Waals surface area contributed by atoms with Crippen LogP contribution < -0.4 is 0 Å². The molecule has 50 valence electrons. The van der Waals surface area contributed by atoms with E-state index in [0.29, 0.717) is 0 Å². The molecule has 0 spiro atoms. The Bertz CT molecular complexity index is 142. The van der Waals surface area contributed by atoms with Gasteiger partial charge in [-0.15, -0.1) is 6.58 Å². The Morgan fingerprint density at radius 1 is 2.00 bits per heavy atom. The van der Waals surface area contributed by atoms with Crippen LogP contribution in [0, 0.1) is 5.92 Å². The Balaban J connectivity index is 2.33. The third-order valence-corrected chi connectivity index (χ3v) is 1.67. The van der Waals surface area contributed by atoms with E-state index in [1.54, 1.807) is 11.0 Å². The number of allylic oxidation sites excluding steroid dienone is 1. The van der Waals surface area contributed by atoms with Gasteiger partial charge in [-0.1, -0.05) is 6.08 Å². The summed E-state index contributed by atoms with van der Waals surface area (Å²) in [6, 6.07) is 0. The van der Waals surface area contributed by atoms with E-state index < -0.39 is 0 Å². The highest BCUT2D eigenvalue weighted by molar-refractivity contribution is 5.84. The molecule has 1 aliphatic rings. The Kier molecular flexibility index (Phi) is 1.56. The van der Waals surface area contributed by atoms with E-state index in [4.69, 9.17) is 0 Å². The van der Waals surface area contributed by atoms with E-state index >= 15 is 0 Å². The van der Waals surface area contributed by atoms with Crippen molar-refractivity contribution >= 4 is 5.91 Å². The van der Waals surface area contributed by atoms with Crippen molar-refractivity contribution in [2.24, 2.45) is 5.92 Å². The topological polar surface area (TPSA) is 20.3 Å². The van der Waals surface area contributed by atoms with Crippen LogP contribution in [0.15, 0.2) is 12.7 Å². The van der Waals surface area contributed by atoms with Crippen molar-refractivity contribution in [2.75, 3.05) is 13.6 Å². The highest BCUT2D eigenvalue weighted by atomic mass is 16.2. The first-order chi connectivity index (χ1) is 4.25. The molecule has 2 nitrogen and oxygen atoms in total. The molecule has 0 aromatic heterocycles. The van der Waals surface area contributed by atoms with Crippen molar-refractivity contribution in [2.45, 2.75) is 6.42 Å². The third kappa shape index (κ3) is 0.969. The molecule has 0 bridgehead atoms. The van der Waals surface area contributed by atoms with Crippen LogP contribution in [-0.4, -0.2) is 24.4 Å². The highest BCUT2D eigenvalue weighted by Crippen LogP contribution is 2.18. The smallest absolute Gasteiger partial charge is 0.227 e. The molecule has 0 aromatic carbocycles. The zero-order chi connectivity index (χ0) is 6.85. The minimum atomic E-state index is 0.243. The molecule has 1 fully saturated rings. The Morgan fingerprint density at radius 2 is 2.67 bits per heavy atom. The van der Waals surface area contributed by atoms with Crippen LogP contribution in [0.1, 0.15) is 6.42 Å². The van der Waals surface area contributed by atoms with Crippen molar-refractivity contribution in [3.05, 3.63) is 12.7 Å². The lowest BCUT2D eigenvalue weighted by Gasteiger charge is -2.34. The Morgan fingerprint density at radius 3 is 3.00 bits per heavy atom. The zero-order valence-electron chi connectivity index (χ0n) is 5.63. The van der Waals surface area contributed by atoms with Gasteiger partial charge in [-0.25, -0.2) is 0 Å². The van der Waals surface area contributed by atoms with Gasteiger partial charge in [0.1, 0.15) is 0 Å². The molecule has 1 rings (SSSR count). The van der Waals surface area contributed by atoms with E-state index in [1.807, 2.05) is 7.05 Å². The molecular formula is C7H11NO. The first-order valence-electron chi connectivity index (χ1n) is 3.11. The molecule has 0 saturated carbocycles. The molecule has 1 aliphatic heterocycles. The molecule has 0 N–H and O–H groups in total. The normalized spacial score (nSPS) is 25.7. The number of carbonyl (C=O) groups is 1. The minimum Gasteiger partial charge on any atom is -0.345 e. The molecule has 1 amide bonds. The molecule has 1 atom stereocenters. The summed E-state index contributed by atoms with van der Waals surface area (Å²) in [5.41, 5.74) is 0. The third-order valence-electron chi connectivity index (χ3n) is 1.67. The van der Waals surface area contributed by atoms with E-state index in [9.17, 15) is 4.79 Å². The van der Waals surface area contributed by atoms with Gasteiger partial charge in [0.2, 0.25) is 5.91 Å². The number of hydrogen-bond donors (Lipinski definition) is 0. The van der Waals surface area contributed by atoms with Crippen molar-refractivity contribution < 1.29 is 4.79 Å². The number of β-lactam (4-membered cyclic amide) rings is 1. The van der Waals surface area contributed by atoms with Crippen molar-refractivity contribution in [1.82, 2.24) is 4.90 Å². The average Bonchev–Trinajstić information content (AvgIpc) is 1.88. The number of likely N-dealkylation sites (tertiary alicyclic amines) is 1. The second kappa shape index (κ2) is 2.21. The van der Waals surface area contributed by atoms with Gasteiger partial charge >= 0.3 is 0 Å². The highest BCUT2D eigenvalue weighted by Gasteiger charge is 2.31. The van der Waals surface area contributed by atoms with Crippen LogP contribution in [0.4, 0.5) is 0 Å². The van der Waals surface area contributed by atoms with Gasteiger partial charge in [0.25, 0.3) is 0 Å². The lowest BCUT2D eigenvalue weighted by molar-refractivity contribution is -0.145. The fourth-order valence-electron chi connectivity index (χ4n) is 1.07. The summed E-state index contributed by atoms with van der Waals surface area (Å²) in [4.78, 5) is 12.6. The van der Waals surface area contributed by atoms with Gasteiger partial charge in [0.05, 0.1) is 5.92 Å². The van der Waals surface area contributed by atoms with E-state index in [-0.39, 0.29) is 11.8 Å². The molecule has 1 saturated heterocycles. The second-order valence-corrected chi connectivity index (χ2v) is 2.44. The van der Waals surface area contributed by atoms with Gasteiger partial charge in [0.15, 0.2) is 0 Å². The van der Waals surface area contributed by atoms with Crippen LogP contribution in [0.5, 0.6) is 0 Å². The standard InChI is InChI=1S/C7H11NO/c1-3-4-6-5-8(2)7(6)9/h3,6H,1,4-5H2,2H3/t6-/m1/s1. The van der Waals surface area contributed by atoms with Gasteiger partial charge in [-0.2, -0.15) is 0 Å². The number of nitrogens with zero attached hydrogens (tertiary/aromatic N) is 1. The maximum absolute atomic E-state index is 10.8. The van der Waals surface area contributed by atoms with Crippen LogP contribution in [0.25, 0.3) is 0 Å². The van der Waals surface area contributed by atoms with Crippen molar-refractivity contribution in [3.8, 4) is 0 Å². The second-order valence-electron chi connectivity index (χ2n) is 2.44. The van der Waals surface area contributed by atoms with Crippen LogP contribution in [0.2, 0.25) is 0 Å². The van der Waals surface area contributed by atoms with Crippen LogP contribution in [0.3, 0.4) is 0 Å². The first kappa shape index (κ1) is 6.33. The summed E-state index contributed by atoms with van der Waals surface area (Å²) in [5.74, 6) is 0.502. The molecule has 9 heavy (non-hydrogen) atoms. The van der Waals surface area contributed by atoms with Gasteiger partial charge in [-0.05, 0) is 6.42 Å². The van der Waals surface area contributed by atoms with E-state index in [0.717, 1.165) is 13.0 Å². The first-order valence-corrected chi connectivity index (χ1v) is 3.11. The molecule has 2 heteroatoms. The quantitative estimate of drug-likeness (QED) is 0.392. The number of rotatable bonds is 2. The lowest BCUT2D eigenvalue weighted by Crippen LogP contribution is -2.49. The maximum Gasteiger partial charge on any atom is 0.227 e. The summed E-state index contributed by atoms with van der Waals surface area (Å²) in [7, 11) is 1.82. The summed E-state index contributed by atoms with van der Waals surface area (Å²) in [6.45, 7) is 4.48. The summed E-state index contributed by atoms with van der Waals surface area (Å²) < 4.78 is 0. The zero-order valence-corrected chi connectivity index (χ0v) is 5.63. The molecule has 0 aliphatic carbocycles. The Labute approximate surface area is 55.2 Å². The maximum atomic E-state index is 10.8. The van der Waals surface area contributed by atoms with Gasteiger partial charge in [-0.3, -0.25) is 4.79 Å². The predicted molar refractivity (Wildman–Crippen MR) is 35.9 cm³/mol. The minimum absolute atomic E-state index is 0.243. The number of amides is 1. The fourth-order valence-corrected chi connectivity index (χ4v) is 1.07. The lowest BCUT2D eigenvalue weighted by atomic mass is 9.96. The molecule has 0 aromatic rings. The SMILES string of the molecule is C=CC[C@@H]1CN(C)C1=O. The summed E-state index contributed by atoms with van der Waals surface area (Å²) in [6.07, 6.45) is 2.64. The van der Waals surface area contributed by atoms with Gasteiger partial charge < -0.3 is 4.90 Å². The average molecular weight is 125 g/mol. The van der Waals surface area contributed by atoms with E-state index in [2.05, 4.69) is 6.58 Å². The molecule has 0 unspecified atom stereocenters. The molecular weight excluding hydrogens is 114 g/mol. The van der Waals surface area contributed by atoms with Crippen molar-refractivity contribution in [1.29, 1.82) is 0 Å². The molecule has 0 radical (unpaired) electrons. The number of carbonyl (C=O) groups excluding carboxylic acids is 1. The largest absolute Gasteiger partial charge is 0.345 e. The van der Waals surface area contributed by atoms with Crippen LogP contribution >= 0.6 is 0 Å². The fraction of sp³-hybridized carbons (Fsp3) is 0.571. The molecule has 1 heterocycles. The van der Waals surface area contributed by atoms with Crippen molar-refractivity contribution in [3.63, 3.8) is 0 Å². The number of hydrogen-bond acceptors (Lipinski definition) is 1. The Hall–Kier alpha value is -0.790. The summed E-state index contributed by atoms with van der Waals surface area (Å²) in [5, 5.41) is 0. The monoisotopic (exact) mass is 125 g/mol. The van der Waals surface area contributed by atoms with Gasteiger partial charge in [0, 0.05) is 13.6 Å². The predicted octanol–water partition coefficient (Wildman–Crippen LogP) is 0.651.